The van der Waals surface area contributed by atoms with Gasteiger partial charge in [0.05, 0.1) is 13.2 Å². The van der Waals surface area contributed by atoms with Gasteiger partial charge in [-0.1, -0.05) is 38.5 Å². The maximum Gasteiger partial charge on any atom is 0.128 e. The lowest BCUT2D eigenvalue weighted by Gasteiger charge is -2.22. The zero-order chi connectivity index (χ0) is 13.5. The van der Waals surface area contributed by atoms with E-state index in [2.05, 4.69) is 52.2 Å². The highest BCUT2D eigenvalue weighted by Gasteiger charge is 2.35. The first-order valence-corrected chi connectivity index (χ1v) is 6.44. The van der Waals surface area contributed by atoms with Gasteiger partial charge < -0.3 is 9.57 Å². The highest BCUT2D eigenvalue weighted by molar-refractivity contribution is 5.51. The van der Waals surface area contributed by atoms with Gasteiger partial charge >= 0.3 is 0 Å². The van der Waals surface area contributed by atoms with Crippen LogP contribution in [0.15, 0.2) is 12.1 Å². The number of rotatable bonds is 2. The molecule has 0 amide bonds. The Balaban J connectivity index is 2.54. The van der Waals surface area contributed by atoms with E-state index in [0.717, 1.165) is 5.75 Å². The van der Waals surface area contributed by atoms with Crippen molar-refractivity contribution in [2.45, 2.75) is 52.2 Å². The normalized spacial score (nSPS) is 22.8. The van der Waals surface area contributed by atoms with Crippen LogP contribution in [0.1, 0.15) is 50.4 Å². The third-order valence-corrected chi connectivity index (χ3v) is 3.42. The van der Waals surface area contributed by atoms with Crippen LogP contribution >= 0.6 is 0 Å². The molecule has 1 aromatic carbocycles. The quantitative estimate of drug-likeness (QED) is 0.816. The van der Waals surface area contributed by atoms with Gasteiger partial charge in [0.15, 0.2) is 0 Å². The molecule has 1 aromatic rings. The predicted molar refractivity (Wildman–Crippen MR) is 72.9 cm³/mol. The van der Waals surface area contributed by atoms with E-state index < -0.39 is 0 Å². The van der Waals surface area contributed by atoms with Crippen LogP contribution < -0.4 is 10.2 Å². The first kappa shape index (κ1) is 13.4. The van der Waals surface area contributed by atoms with E-state index in [1.54, 1.807) is 7.11 Å². The van der Waals surface area contributed by atoms with Gasteiger partial charge in [-0.2, -0.15) is 5.48 Å². The summed E-state index contributed by atoms with van der Waals surface area (Å²) in [5, 5.41) is 0. The number of ether oxygens (including phenoxy) is 1. The molecule has 0 aliphatic carbocycles. The van der Waals surface area contributed by atoms with E-state index in [-0.39, 0.29) is 17.6 Å². The summed E-state index contributed by atoms with van der Waals surface area (Å²) < 4.78 is 6.04. The summed E-state index contributed by atoms with van der Waals surface area (Å²) in [6.45, 7) is 10.8. The molecule has 2 rings (SSSR count). The largest absolute Gasteiger partial charge is 0.488 e. The van der Waals surface area contributed by atoms with Crippen LogP contribution in [0.25, 0.3) is 0 Å². The Hall–Kier alpha value is -1.06. The number of nitrogens with one attached hydrogen (secondary N) is 1. The Morgan fingerprint density at radius 1 is 1.28 bits per heavy atom. The molecule has 0 saturated carbocycles. The molecule has 2 atom stereocenters. The van der Waals surface area contributed by atoms with Crippen molar-refractivity contribution in [3.05, 3.63) is 28.8 Å². The SMILES string of the molecule is CONC1c2cc(C)cc(C(C)(C)C)c2OC1C. The molecule has 0 aromatic heterocycles. The van der Waals surface area contributed by atoms with E-state index in [1.807, 2.05) is 0 Å². The lowest BCUT2D eigenvalue weighted by Crippen LogP contribution is -2.27. The third kappa shape index (κ3) is 2.25. The molecule has 1 aliphatic rings. The van der Waals surface area contributed by atoms with Crippen molar-refractivity contribution in [1.29, 1.82) is 0 Å². The molecule has 3 nitrogen and oxygen atoms in total. The molecule has 1 aliphatic heterocycles. The van der Waals surface area contributed by atoms with Crippen molar-refractivity contribution in [1.82, 2.24) is 5.48 Å². The van der Waals surface area contributed by atoms with Gasteiger partial charge in [-0.25, -0.2) is 0 Å². The van der Waals surface area contributed by atoms with Crippen LogP contribution in [0, 0.1) is 6.92 Å². The summed E-state index contributed by atoms with van der Waals surface area (Å²) in [5.74, 6) is 1.02. The zero-order valence-corrected chi connectivity index (χ0v) is 12.1. The monoisotopic (exact) mass is 249 g/mol. The number of benzene rings is 1. The Bertz CT molecular complexity index is 449. The molecule has 3 heteroatoms. The van der Waals surface area contributed by atoms with Crippen LogP contribution in [0.5, 0.6) is 5.75 Å². The van der Waals surface area contributed by atoms with E-state index in [4.69, 9.17) is 9.57 Å². The minimum atomic E-state index is 0.0811. The predicted octanol–water partition coefficient (Wildman–Crippen LogP) is 3.27. The summed E-state index contributed by atoms with van der Waals surface area (Å²) in [6.07, 6.45) is 0.0860. The second-order valence-corrected chi connectivity index (χ2v) is 6.10. The number of hydrogen-bond donors (Lipinski definition) is 1. The topological polar surface area (TPSA) is 30.5 Å². The Labute approximate surface area is 109 Å². The number of fused-ring (bicyclic) bond motifs is 1. The van der Waals surface area contributed by atoms with Crippen molar-refractivity contribution < 1.29 is 9.57 Å². The highest BCUT2D eigenvalue weighted by atomic mass is 16.6. The zero-order valence-electron chi connectivity index (χ0n) is 12.1. The van der Waals surface area contributed by atoms with Gasteiger partial charge in [-0.15, -0.1) is 0 Å². The van der Waals surface area contributed by atoms with E-state index in [1.165, 1.54) is 16.7 Å². The van der Waals surface area contributed by atoms with Crippen molar-refractivity contribution in [3.63, 3.8) is 0 Å². The first-order chi connectivity index (χ1) is 8.34. The molecule has 0 spiro atoms. The first-order valence-electron chi connectivity index (χ1n) is 6.44. The molecule has 0 bridgehead atoms. The summed E-state index contributed by atoms with van der Waals surface area (Å²) in [4.78, 5) is 5.09. The van der Waals surface area contributed by atoms with Gasteiger partial charge in [-0.05, 0) is 19.3 Å². The molecule has 0 radical (unpaired) electrons. The average molecular weight is 249 g/mol. The summed E-state index contributed by atoms with van der Waals surface area (Å²) in [6, 6.07) is 4.51. The molecule has 0 saturated heterocycles. The minimum Gasteiger partial charge on any atom is -0.488 e. The summed E-state index contributed by atoms with van der Waals surface area (Å²) in [7, 11) is 1.64. The van der Waals surface area contributed by atoms with Crippen LogP contribution in [0.3, 0.4) is 0 Å². The highest BCUT2D eigenvalue weighted by Crippen LogP contribution is 2.44. The number of hydrogen-bond acceptors (Lipinski definition) is 3. The maximum absolute atomic E-state index is 6.04. The Kier molecular flexibility index (Phi) is 3.39. The fourth-order valence-electron chi connectivity index (χ4n) is 2.51. The second kappa shape index (κ2) is 4.56. The average Bonchev–Trinajstić information content (AvgIpc) is 2.54. The van der Waals surface area contributed by atoms with E-state index in [0.29, 0.717) is 0 Å². The summed E-state index contributed by atoms with van der Waals surface area (Å²) in [5.41, 5.74) is 6.85. The van der Waals surface area contributed by atoms with Crippen molar-refractivity contribution in [2.75, 3.05) is 7.11 Å². The molecule has 1 N–H and O–H groups in total. The number of aryl methyl sites for hydroxylation is 1. The maximum atomic E-state index is 6.04. The smallest absolute Gasteiger partial charge is 0.128 e. The van der Waals surface area contributed by atoms with Gasteiger partial charge in [-0.3, -0.25) is 0 Å². The van der Waals surface area contributed by atoms with Gasteiger partial charge in [0.25, 0.3) is 0 Å². The van der Waals surface area contributed by atoms with Crippen molar-refractivity contribution >= 4 is 0 Å². The molecule has 100 valence electrons. The van der Waals surface area contributed by atoms with E-state index >= 15 is 0 Å². The van der Waals surface area contributed by atoms with Crippen LogP contribution in [0.4, 0.5) is 0 Å². The van der Waals surface area contributed by atoms with Gasteiger partial charge in [0.1, 0.15) is 11.9 Å². The van der Waals surface area contributed by atoms with E-state index in [9.17, 15) is 0 Å². The molecule has 18 heavy (non-hydrogen) atoms. The third-order valence-electron chi connectivity index (χ3n) is 3.42. The van der Waals surface area contributed by atoms with Crippen molar-refractivity contribution in [2.24, 2.45) is 0 Å². The van der Waals surface area contributed by atoms with Crippen LogP contribution in [-0.4, -0.2) is 13.2 Å². The molecular weight excluding hydrogens is 226 g/mol. The molecule has 0 fully saturated rings. The summed E-state index contributed by atoms with van der Waals surface area (Å²) >= 11 is 0. The van der Waals surface area contributed by atoms with Gasteiger partial charge in [0.2, 0.25) is 0 Å². The molecule has 2 unspecified atom stereocenters. The fraction of sp³-hybridized carbons (Fsp3) is 0.600. The molecular formula is C15H23NO2. The van der Waals surface area contributed by atoms with Crippen LogP contribution in [0.2, 0.25) is 0 Å². The minimum absolute atomic E-state index is 0.0811. The number of hydroxylamine groups is 1. The molecule has 1 heterocycles. The second-order valence-electron chi connectivity index (χ2n) is 6.10. The Morgan fingerprint density at radius 3 is 2.50 bits per heavy atom. The lowest BCUT2D eigenvalue weighted by molar-refractivity contribution is 0.0337. The standard InChI is InChI=1S/C15H23NO2/c1-9-7-11-13(16-17-6)10(2)18-14(11)12(8-9)15(3,4)5/h7-8,10,13,16H,1-6H3. The lowest BCUT2D eigenvalue weighted by atomic mass is 9.83. The fourth-order valence-corrected chi connectivity index (χ4v) is 2.51. The van der Waals surface area contributed by atoms with Crippen molar-refractivity contribution in [3.8, 4) is 5.75 Å². The van der Waals surface area contributed by atoms with Crippen LogP contribution in [-0.2, 0) is 10.3 Å². The Morgan fingerprint density at radius 2 is 1.94 bits per heavy atom. The van der Waals surface area contributed by atoms with Gasteiger partial charge in [0, 0.05) is 11.1 Å².